The molecule has 1 aliphatic heterocycles. The lowest BCUT2D eigenvalue weighted by Crippen LogP contribution is -2.45. The van der Waals surface area contributed by atoms with Crippen LogP contribution in [0.1, 0.15) is 56.3 Å². The molecule has 1 aliphatic rings. The summed E-state index contributed by atoms with van der Waals surface area (Å²) >= 11 is 0. The molecule has 0 aromatic heterocycles. The largest absolute Gasteiger partial charge is 0.497 e. The molecule has 0 saturated heterocycles. The summed E-state index contributed by atoms with van der Waals surface area (Å²) in [7, 11) is 1.63. The monoisotopic (exact) mass is 397 g/mol. The average molecular weight is 398 g/mol. The third kappa shape index (κ3) is 4.84. The predicted octanol–water partition coefficient (Wildman–Crippen LogP) is 4.89. The Morgan fingerprint density at radius 1 is 1.24 bits per heavy atom. The van der Waals surface area contributed by atoms with Gasteiger partial charge in [-0.25, -0.2) is 0 Å². The van der Waals surface area contributed by atoms with Crippen LogP contribution in [0.4, 0.5) is 0 Å². The summed E-state index contributed by atoms with van der Waals surface area (Å²) in [6.07, 6.45) is 0.687. The molecule has 5 nitrogen and oxygen atoms in total. The molecule has 0 aliphatic carbocycles. The lowest BCUT2D eigenvalue weighted by atomic mass is 9.89. The van der Waals surface area contributed by atoms with Gasteiger partial charge in [0.25, 0.3) is 5.91 Å². The van der Waals surface area contributed by atoms with Crippen LogP contribution in [-0.2, 0) is 4.79 Å². The second-order valence-corrected chi connectivity index (χ2v) is 8.31. The second-order valence-electron chi connectivity index (χ2n) is 8.31. The number of aryl methyl sites for hydroxylation is 2. The van der Waals surface area contributed by atoms with E-state index in [1.165, 1.54) is 5.56 Å². The van der Waals surface area contributed by atoms with Gasteiger partial charge in [0, 0.05) is 12.0 Å². The fourth-order valence-electron chi connectivity index (χ4n) is 3.76. The van der Waals surface area contributed by atoms with Gasteiger partial charge in [0.15, 0.2) is 6.10 Å². The maximum Gasteiger partial charge on any atom is 0.261 e. The highest BCUT2D eigenvalue weighted by molar-refractivity contribution is 5.81. The third-order valence-corrected chi connectivity index (χ3v) is 5.25. The van der Waals surface area contributed by atoms with Gasteiger partial charge in [0.05, 0.1) is 13.2 Å². The van der Waals surface area contributed by atoms with E-state index in [0.29, 0.717) is 12.8 Å². The molecule has 0 bridgehead atoms. The Morgan fingerprint density at radius 3 is 2.66 bits per heavy atom. The topological polar surface area (TPSA) is 56.8 Å². The molecule has 0 saturated carbocycles. The van der Waals surface area contributed by atoms with Crippen LogP contribution in [0.5, 0.6) is 17.2 Å². The molecule has 1 heterocycles. The van der Waals surface area contributed by atoms with Crippen molar-refractivity contribution >= 4 is 5.91 Å². The summed E-state index contributed by atoms with van der Waals surface area (Å²) in [5, 5.41) is 3.18. The summed E-state index contributed by atoms with van der Waals surface area (Å²) < 4.78 is 17.5. The zero-order valence-corrected chi connectivity index (χ0v) is 18.2. The number of hydrogen-bond acceptors (Lipinski definition) is 4. The Bertz CT molecular complexity index is 890. The van der Waals surface area contributed by atoms with E-state index in [0.717, 1.165) is 28.4 Å². The van der Waals surface area contributed by atoms with Gasteiger partial charge in [-0.1, -0.05) is 24.6 Å². The Labute approximate surface area is 173 Å². The van der Waals surface area contributed by atoms with Crippen LogP contribution in [0.15, 0.2) is 36.4 Å². The van der Waals surface area contributed by atoms with Crippen LogP contribution in [0.2, 0.25) is 0 Å². The van der Waals surface area contributed by atoms with Crippen LogP contribution in [-0.4, -0.2) is 24.7 Å². The SMILES string of the molecule is CC[C@H](Oc1ccc(C)cc1C)C(=O)N[C@H]1CC(C)(C)Oc2ccc(OC)cc21. The fourth-order valence-corrected chi connectivity index (χ4v) is 3.76. The van der Waals surface area contributed by atoms with Gasteiger partial charge in [0.2, 0.25) is 0 Å². The van der Waals surface area contributed by atoms with Crippen molar-refractivity contribution in [2.45, 2.75) is 65.2 Å². The van der Waals surface area contributed by atoms with Crippen LogP contribution in [0, 0.1) is 13.8 Å². The van der Waals surface area contributed by atoms with Crippen LogP contribution in [0.3, 0.4) is 0 Å². The van der Waals surface area contributed by atoms with Crippen LogP contribution < -0.4 is 19.5 Å². The van der Waals surface area contributed by atoms with E-state index in [1.807, 2.05) is 65.0 Å². The average Bonchev–Trinajstić information content (AvgIpc) is 2.66. The Morgan fingerprint density at radius 2 is 2.00 bits per heavy atom. The van der Waals surface area contributed by atoms with Crippen molar-refractivity contribution in [2.24, 2.45) is 0 Å². The number of nitrogens with one attached hydrogen (secondary N) is 1. The number of hydrogen-bond donors (Lipinski definition) is 1. The van der Waals surface area contributed by atoms with E-state index in [1.54, 1.807) is 7.11 Å². The molecule has 0 spiro atoms. The second kappa shape index (κ2) is 8.36. The maximum absolute atomic E-state index is 13.1. The molecule has 3 rings (SSSR count). The molecule has 2 atom stereocenters. The van der Waals surface area contributed by atoms with Crippen molar-refractivity contribution in [1.29, 1.82) is 0 Å². The normalized spacial score (nSPS) is 18.2. The zero-order chi connectivity index (χ0) is 21.2. The summed E-state index contributed by atoms with van der Waals surface area (Å²) in [6, 6.07) is 11.5. The van der Waals surface area contributed by atoms with Gasteiger partial charge in [-0.3, -0.25) is 4.79 Å². The minimum absolute atomic E-state index is 0.121. The quantitative estimate of drug-likeness (QED) is 0.754. The van der Waals surface area contributed by atoms with Crippen molar-refractivity contribution in [3.05, 3.63) is 53.1 Å². The molecule has 2 aromatic rings. The number of rotatable bonds is 6. The minimum atomic E-state index is -0.559. The molecule has 156 valence electrons. The first-order chi connectivity index (χ1) is 13.7. The van der Waals surface area contributed by atoms with E-state index in [9.17, 15) is 4.79 Å². The summed E-state index contributed by atoms with van der Waals surface area (Å²) in [5.74, 6) is 2.14. The first kappa shape index (κ1) is 21.0. The lowest BCUT2D eigenvalue weighted by molar-refractivity contribution is -0.129. The molecular formula is C24H31NO4. The number of ether oxygens (including phenoxy) is 3. The Kier molecular flexibility index (Phi) is 6.06. The summed E-state index contributed by atoms with van der Waals surface area (Å²) in [5.41, 5.74) is 2.75. The molecule has 2 aromatic carbocycles. The highest BCUT2D eigenvalue weighted by atomic mass is 16.5. The zero-order valence-electron chi connectivity index (χ0n) is 18.2. The molecule has 0 unspecified atom stereocenters. The van der Waals surface area contributed by atoms with E-state index in [-0.39, 0.29) is 17.6 Å². The smallest absolute Gasteiger partial charge is 0.261 e. The standard InChI is InChI=1S/C24H31NO4/c1-7-20(28-21-10-8-15(2)12-16(21)3)23(26)25-19-14-24(4,5)29-22-11-9-17(27-6)13-18(19)22/h8-13,19-20H,7,14H2,1-6H3,(H,25,26)/t19-,20-/m0/s1. The fraction of sp³-hybridized carbons (Fsp3) is 0.458. The Hall–Kier alpha value is -2.69. The predicted molar refractivity (Wildman–Crippen MR) is 114 cm³/mol. The van der Waals surface area contributed by atoms with Crippen LogP contribution in [0.25, 0.3) is 0 Å². The van der Waals surface area contributed by atoms with E-state index >= 15 is 0 Å². The number of carbonyl (C=O) groups excluding carboxylic acids is 1. The third-order valence-electron chi connectivity index (χ3n) is 5.25. The molecule has 5 heteroatoms. The van der Waals surface area contributed by atoms with E-state index in [4.69, 9.17) is 14.2 Å². The van der Waals surface area contributed by atoms with Gasteiger partial charge in [0.1, 0.15) is 22.8 Å². The van der Waals surface area contributed by atoms with Crippen LogP contribution >= 0.6 is 0 Å². The summed E-state index contributed by atoms with van der Waals surface area (Å²) in [4.78, 5) is 13.1. The van der Waals surface area contributed by atoms with Crippen molar-refractivity contribution in [2.75, 3.05) is 7.11 Å². The molecule has 0 fully saturated rings. The molecule has 0 radical (unpaired) electrons. The number of amides is 1. The highest BCUT2D eigenvalue weighted by Crippen LogP contribution is 2.41. The van der Waals surface area contributed by atoms with Crippen molar-refractivity contribution in [3.63, 3.8) is 0 Å². The molecule has 1 amide bonds. The van der Waals surface area contributed by atoms with E-state index < -0.39 is 6.10 Å². The first-order valence-electron chi connectivity index (χ1n) is 10.1. The van der Waals surface area contributed by atoms with Crippen molar-refractivity contribution in [1.82, 2.24) is 5.32 Å². The van der Waals surface area contributed by atoms with Crippen molar-refractivity contribution < 1.29 is 19.0 Å². The number of methoxy groups -OCH3 is 1. The highest BCUT2D eigenvalue weighted by Gasteiger charge is 2.36. The molecule has 29 heavy (non-hydrogen) atoms. The van der Waals surface area contributed by atoms with Gasteiger partial charge < -0.3 is 19.5 Å². The van der Waals surface area contributed by atoms with Crippen molar-refractivity contribution in [3.8, 4) is 17.2 Å². The molecular weight excluding hydrogens is 366 g/mol. The van der Waals surface area contributed by atoms with Gasteiger partial charge in [-0.05, 0) is 63.9 Å². The number of benzene rings is 2. The van der Waals surface area contributed by atoms with E-state index in [2.05, 4.69) is 11.4 Å². The summed E-state index contributed by atoms with van der Waals surface area (Å²) in [6.45, 7) is 10.1. The maximum atomic E-state index is 13.1. The Balaban J connectivity index is 1.81. The minimum Gasteiger partial charge on any atom is -0.497 e. The number of carbonyl (C=O) groups is 1. The molecule has 1 N–H and O–H groups in total. The van der Waals surface area contributed by atoms with Gasteiger partial charge in [-0.15, -0.1) is 0 Å². The number of fused-ring (bicyclic) bond motifs is 1. The van der Waals surface area contributed by atoms with Gasteiger partial charge >= 0.3 is 0 Å². The lowest BCUT2D eigenvalue weighted by Gasteiger charge is -2.38. The van der Waals surface area contributed by atoms with Gasteiger partial charge in [-0.2, -0.15) is 0 Å². The first-order valence-corrected chi connectivity index (χ1v) is 10.1.